The summed E-state index contributed by atoms with van der Waals surface area (Å²) < 4.78 is 0. The van der Waals surface area contributed by atoms with E-state index in [2.05, 4.69) is 115 Å². The lowest BCUT2D eigenvalue weighted by Crippen LogP contribution is -2.38. The zero-order valence-corrected chi connectivity index (χ0v) is 22.2. The molecule has 5 aromatic rings. The molecule has 0 saturated heterocycles. The van der Waals surface area contributed by atoms with Crippen molar-refractivity contribution in [3.63, 3.8) is 0 Å². The summed E-state index contributed by atoms with van der Waals surface area (Å²) in [6.45, 7) is 2.07. The molecule has 0 fully saturated rings. The highest BCUT2D eigenvalue weighted by atomic mass is 31.2. The fraction of sp³-hybridized carbons (Fsp3) is 0.0294. The Hall–Kier alpha value is -4.46. The van der Waals surface area contributed by atoms with Gasteiger partial charge < -0.3 is 5.32 Å². The number of anilines is 1. The number of carbonyl (C=O) groups excluding carboxylic acids is 1. The highest BCUT2D eigenvalue weighted by Gasteiger charge is 2.50. The Balaban J connectivity index is 1.76. The Bertz CT molecular complexity index is 1400. The molecule has 3 nitrogen and oxygen atoms in total. The van der Waals surface area contributed by atoms with Gasteiger partial charge in [-0.05, 0) is 67.6 Å². The van der Waals surface area contributed by atoms with Crippen molar-refractivity contribution in [3.8, 4) is 0 Å². The summed E-state index contributed by atoms with van der Waals surface area (Å²) in [4.78, 5) is 13.7. The highest BCUT2D eigenvalue weighted by Crippen LogP contribution is 2.61. The van der Waals surface area contributed by atoms with Crippen LogP contribution in [0.1, 0.15) is 15.9 Å². The van der Waals surface area contributed by atoms with E-state index < -0.39 is 7.26 Å². The summed E-state index contributed by atoms with van der Waals surface area (Å²) in [5.74, 6) is -0.144. The van der Waals surface area contributed by atoms with E-state index in [1.807, 2.05) is 54.7 Å². The molecular weight excluding hydrogens is 483 g/mol. The SMILES string of the molecule is Cc1ccc(NC=C(NC(=O)c2ccccc2)[P+](c2ccccc2)(c2ccccc2)c2ccccc2)cc1. The second-order valence-corrected chi connectivity index (χ2v) is 12.4. The fourth-order valence-corrected chi connectivity index (χ4v) is 8.73. The third kappa shape index (κ3) is 5.29. The normalized spacial score (nSPS) is 11.6. The van der Waals surface area contributed by atoms with Crippen LogP contribution < -0.4 is 26.5 Å². The van der Waals surface area contributed by atoms with Gasteiger partial charge >= 0.3 is 0 Å². The minimum Gasteiger partial charge on any atom is -0.357 e. The first-order valence-electron chi connectivity index (χ1n) is 12.6. The van der Waals surface area contributed by atoms with Crippen LogP contribution in [-0.4, -0.2) is 5.91 Å². The molecule has 0 aliphatic rings. The van der Waals surface area contributed by atoms with Crippen LogP contribution in [0.2, 0.25) is 0 Å². The van der Waals surface area contributed by atoms with Crippen molar-refractivity contribution in [3.05, 3.63) is 168 Å². The van der Waals surface area contributed by atoms with Crippen LogP contribution in [0.3, 0.4) is 0 Å². The van der Waals surface area contributed by atoms with Gasteiger partial charge in [0.1, 0.15) is 15.9 Å². The average molecular weight is 514 g/mol. The Morgan fingerprint density at radius 1 is 0.579 bits per heavy atom. The Kier molecular flexibility index (Phi) is 7.78. The number of carbonyl (C=O) groups is 1. The van der Waals surface area contributed by atoms with Crippen LogP contribution >= 0.6 is 7.26 Å². The van der Waals surface area contributed by atoms with E-state index in [1.54, 1.807) is 0 Å². The Morgan fingerprint density at radius 3 is 1.45 bits per heavy atom. The molecule has 0 heterocycles. The van der Waals surface area contributed by atoms with Crippen molar-refractivity contribution in [2.24, 2.45) is 0 Å². The molecule has 2 N–H and O–H groups in total. The van der Waals surface area contributed by atoms with Crippen molar-refractivity contribution in [1.29, 1.82) is 0 Å². The predicted molar refractivity (Wildman–Crippen MR) is 162 cm³/mol. The zero-order valence-electron chi connectivity index (χ0n) is 21.3. The fourth-order valence-electron chi connectivity index (χ4n) is 4.62. The number of amides is 1. The number of benzene rings is 5. The maximum absolute atomic E-state index is 13.7. The number of aryl methyl sites for hydroxylation is 1. The molecule has 0 spiro atoms. The van der Waals surface area contributed by atoms with Crippen molar-refractivity contribution in [1.82, 2.24) is 5.32 Å². The van der Waals surface area contributed by atoms with Gasteiger partial charge in [-0.25, -0.2) is 0 Å². The number of hydrogen-bond donors (Lipinski definition) is 2. The zero-order chi connectivity index (χ0) is 26.2. The summed E-state index contributed by atoms with van der Waals surface area (Å²) >= 11 is 0. The molecule has 0 radical (unpaired) electrons. The molecule has 0 saturated carbocycles. The first kappa shape index (κ1) is 25.2. The van der Waals surface area contributed by atoms with Gasteiger partial charge in [-0.15, -0.1) is 0 Å². The maximum Gasteiger partial charge on any atom is 0.258 e. The van der Waals surface area contributed by atoms with E-state index in [1.165, 1.54) is 5.56 Å². The molecule has 0 unspecified atom stereocenters. The van der Waals surface area contributed by atoms with Gasteiger partial charge in [0.2, 0.25) is 0 Å². The smallest absolute Gasteiger partial charge is 0.258 e. The van der Waals surface area contributed by atoms with E-state index in [0.717, 1.165) is 27.0 Å². The number of nitrogens with one attached hydrogen (secondary N) is 2. The lowest BCUT2D eigenvalue weighted by Gasteiger charge is -2.29. The molecule has 4 heteroatoms. The summed E-state index contributed by atoms with van der Waals surface area (Å²) in [6, 6.07) is 49.2. The second-order valence-electron chi connectivity index (χ2n) is 9.04. The lowest BCUT2D eigenvalue weighted by molar-refractivity contribution is 0.0968. The molecule has 0 aliphatic carbocycles. The molecular formula is C34H30N2OP+. The van der Waals surface area contributed by atoms with Gasteiger partial charge in [-0.3, -0.25) is 10.1 Å². The van der Waals surface area contributed by atoms with Crippen LogP contribution in [0, 0.1) is 6.92 Å². The highest BCUT2D eigenvalue weighted by molar-refractivity contribution is 7.99. The first-order valence-corrected chi connectivity index (χ1v) is 14.4. The molecule has 1 amide bonds. The third-order valence-corrected chi connectivity index (χ3v) is 10.7. The van der Waals surface area contributed by atoms with Crippen LogP contribution in [0.5, 0.6) is 0 Å². The van der Waals surface area contributed by atoms with E-state index in [-0.39, 0.29) is 5.91 Å². The largest absolute Gasteiger partial charge is 0.357 e. The van der Waals surface area contributed by atoms with Crippen molar-refractivity contribution in [2.45, 2.75) is 6.92 Å². The number of rotatable bonds is 8. The molecule has 186 valence electrons. The summed E-state index contributed by atoms with van der Waals surface area (Å²) in [6.07, 6.45) is 1.98. The van der Waals surface area contributed by atoms with Crippen LogP contribution in [0.15, 0.2) is 157 Å². The quantitative estimate of drug-likeness (QED) is 0.229. The van der Waals surface area contributed by atoms with Gasteiger partial charge in [-0.2, -0.15) is 0 Å². The average Bonchev–Trinajstić information content (AvgIpc) is 2.99. The Labute approximate surface area is 225 Å². The van der Waals surface area contributed by atoms with E-state index in [9.17, 15) is 4.79 Å². The van der Waals surface area contributed by atoms with Gasteiger partial charge in [-0.1, -0.05) is 90.5 Å². The van der Waals surface area contributed by atoms with Crippen LogP contribution in [0.4, 0.5) is 5.69 Å². The van der Waals surface area contributed by atoms with E-state index >= 15 is 0 Å². The molecule has 0 aromatic heterocycles. The van der Waals surface area contributed by atoms with Gasteiger partial charge in [0.05, 0.1) is 6.20 Å². The summed E-state index contributed by atoms with van der Waals surface area (Å²) in [5.41, 5.74) is 3.59. The van der Waals surface area contributed by atoms with Gasteiger partial charge in [0.25, 0.3) is 5.91 Å². The number of hydrogen-bond acceptors (Lipinski definition) is 2. The minimum absolute atomic E-state index is 0.144. The van der Waals surface area contributed by atoms with Gasteiger partial charge in [0, 0.05) is 11.3 Å². The second kappa shape index (κ2) is 11.7. The molecule has 0 bridgehead atoms. The van der Waals surface area contributed by atoms with Crippen molar-refractivity contribution < 1.29 is 4.79 Å². The molecule has 0 atom stereocenters. The molecule has 0 aliphatic heterocycles. The Morgan fingerprint density at radius 2 is 1.00 bits per heavy atom. The third-order valence-electron chi connectivity index (χ3n) is 6.50. The van der Waals surface area contributed by atoms with Crippen molar-refractivity contribution in [2.75, 3.05) is 5.32 Å². The van der Waals surface area contributed by atoms with Crippen LogP contribution in [0.25, 0.3) is 0 Å². The monoisotopic (exact) mass is 513 g/mol. The molecule has 38 heavy (non-hydrogen) atoms. The topological polar surface area (TPSA) is 41.1 Å². The molecule has 5 rings (SSSR count). The summed E-state index contributed by atoms with van der Waals surface area (Å²) in [7, 11) is -2.52. The maximum atomic E-state index is 13.7. The minimum atomic E-state index is -2.52. The predicted octanol–water partition coefficient (Wildman–Crippen LogP) is 6.63. The first-order chi connectivity index (χ1) is 18.7. The summed E-state index contributed by atoms with van der Waals surface area (Å²) in [5, 5.41) is 10.3. The van der Waals surface area contributed by atoms with E-state index in [0.29, 0.717) is 5.56 Å². The van der Waals surface area contributed by atoms with Gasteiger partial charge in [0.15, 0.2) is 12.7 Å². The van der Waals surface area contributed by atoms with Crippen LogP contribution in [-0.2, 0) is 0 Å². The molecule has 5 aromatic carbocycles. The van der Waals surface area contributed by atoms with E-state index in [4.69, 9.17) is 0 Å². The standard InChI is InChI=1S/C34H29N2OP/c1-27-22-24-29(25-23-27)35-26-33(36-34(37)28-14-6-2-7-15-28)38(30-16-8-3-9-17-30,31-18-10-4-11-19-31)32-20-12-5-13-21-32/h2-26,35H,1H3/p+1. The lowest BCUT2D eigenvalue weighted by atomic mass is 10.2. The van der Waals surface area contributed by atoms with Crippen molar-refractivity contribution >= 4 is 34.8 Å².